The van der Waals surface area contributed by atoms with Crippen LogP contribution in [-0.2, 0) is 26.0 Å². The van der Waals surface area contributed by atoms with Crippen LogP contribution in [0, 0.1) is 27.7 Å². The molecule has 0 amide bonds. The Morgan fingerprint density at radius 2 is 1.48 bits per heavy atom. The van der Waals surface area contributed by atoms with Gasteiger partial charge in [-0.05, 0) is 83.2 Å². The van der Waals surface area contributed by atoms with Crippen LogP contribution in [0.2, 0.25) is 0 Å². The van der Waals surface area contributed by atoms with Gasteiger partial charge in [-0.3, -0.25) is 0 Å². The molecule has 1 fully saturated rings. The molecule has 2 aromatic carbocycles. The molecule has 3 nitrogen and oxygen atoms in total. The van der Waals surface area contributed by atoms with Crippen LogP contribution in [0.3, 0.4) is 0 Å². The molecule has 0 aromatic heterocycles. The topological polar surface area (TPSA) is 35.5 Å². The first-order valence-electron chi connectivity index (χ1n) is 10.4. The lowest BCUT2D eigenvalue weighted by Crippen LogP contribution is -2.29. The van der Waals surface area contributed by atoms with Gasteiger partial charge in [0.1, 0.15) is 22.9 Å². The second kappa shape index (κ2) is 8.83. The molecule has 156 valence electrons. The summed E-state index contributed by atoms with van der Waals surface area (Å²) in [7, 11) is 0.382. The van der Waals surface area contributed by atoms with Crippen molar-refractivity contribution in [2.75, 3.05) is 18.1 Å². The zero-order chi connectivity index (χ0) is 21.2. The Hall–Kier alpha value is -1.94. The summed E-state index contributed by atoms with van der Waals surface area (Å²) in [6.45, 7) is 12.0. The maximum absolute atomic E-state index is 12.5. The van der Waals surface area contributed by atoms with Crippen LogP contribution in [0.4, 0.5) is 0 Å². The fourth-order valence-electron chi connectivity index (χ4n) is 4.02. The number of benzene rings is 2. The van der Waals surface area contributed by atoms with E-state index in [1.54, 1.807) is 0 Å². The predicted molar refractivity (Wildman–Crippen MR) is 121 cm³/mol. The Morgan fingerprint density at radius 1 is 0.931 bits per heavy atom. The van der Waals surface area contributed by atoms with Gasteiger partial charge >= 0.3 is 5.97 Å². The van der Waals surface area contributed by atoms with E-state index >= 15 is 0 Å². The number of aryl methyl sites for hydroxylation is 4. The summed E-state index contributed by atoms with van der Waals surface area (Å²) >= 11 is 0. The molecule has 2 aromatic rings. The molecule has 0 N–H and O–H groups in total. The van der Waals surface area contributed by atoms with Gasteiger partial charge < -0.3 is 9.47 Å². The molecule has 0 unspecified atom stereocenters. The van der Waals surface area contributed by atoms with Crippen LogP contribution in [-0.4, -0.2) is 24.1 Å². The van der Waals surface area contributed by atoms with Gasteiger partial charge in [0.25, 0.3) is 0 Å². The normalized spacial score (nSPS) is 14.8. The van der Waals surface area contributed by atoms with Gasteiger partial charge in [-0.15, -0.1) is 0 Å². The Bertz CT molecular complexity index is 852. The van der Waals surface area contributed by atoms with Crippen molar-refractivity contribution in [3.63, 3.8) is 0 Å². The standard InChI is InChI=1S/C25H33O3S/c1-17-11-18(2)13-21(12-17)25(5,6)28-23(26)16-27-24-19(3)14-22(15-20(24)4)29-9-7-8-10-29/h11-15H,7-10,16H2,1-6H3/q+1. The van der Waals surface area contributed by atoms with E-state index in [4.69, 9.17) is 9.47 Å². The van der Waals surface area contributed by atoms with Crippen molar-refractivity contribution in [3.05, 3.63) is 58.1 Å². The molecule has 4 heteroatoms. The fourth-order valence-corrected chi connectivity index (χ4v) is 6.49. The highest BCUT2D eigenvalue weighted by molar-refractivity contribution is 7.97. The molecule has 3 rings (SSSR count). The third kappa shape index (κ3) is 5.36. The molecule has 1 heterocycles. The lowest BCUT2D eigenvalue weighted by Gasteiger charge is -2.26. The monoisotopic (exact) mass is 413 g/mol. The highest BCUT2D eigenvalue weighted by atomic mass is 32.2. The first-order chi connectivity index (χ1) is 13.7. The molecular formula is C25H33O3S+. The number of esters is 1. The zero-order valence-corrected chi connectivity index (χ0v) is 19.4. The summed E-state index contributed by atoms with van der Waals surface area (Å²) in [5.74, 6) is 3.06. The second-order valence-corrected chi connectivity index (χ2v) is 10.9. The van der Waals surface area contributed by atoms with E-state index in [0.29, 0.717) is 10.9 Å². The first kappa shape index (κ1) is 21.8. The largest absolute Gasteiger partial charge is 0.481 e. The van der Waals surface area contributed by atoms with Crippen molar-refractivity contribution in [1.82, 2.24) is 0 Å². The number of carbonyl (C=O) groups is 1. The minimum absolute atomic E-state index is 0.0824. The highest BCUT2D eigenvalue weighted by Gasteiger charge is 2.29. The number of ether oxygens (including phenoxy) is 2. The summed E-state index contributed by atoms with van der Waals surface area (Å²) in [5.41, 5.74) is 4.82. The van der Waals surface area contributed by atoms with Crippen molar-refractivity contribution in [3.8, 4) is 5.75 Å². The van der Waals surface area contributed by atoms with E-state index < -0.39 is 5.60 Å². The predicted octanol–water partition coefficient (Wildman–Crippen LogP) is 5.55. The third-order valence-electron chi connectivity index (χ3n) is 5.42. The van der Waals surface area contributed by atoms with Crippen LogP contribution in [0.25, 0.3) is 0 Å². The smallest absolute Gasteiger partial charge is 0.345 e. The van der Waals surface area contributed by atoms with Gasteiger partial charge in [0.05, 0.1) is 0 Å². The van der Waals surface area contributed by atoms with Gasteiger partial charge in [-0.1, -0.05) is 29.3 Å². The highest BCUT2D eigenvalue weighted by Crippen LogP contribution is 2.31. The van der Waals surface area contributed by atoms with Crippen molar-refractivity contribution in [2.45, 2.75) is 64.9 Å². The molecule has 0 aliphatic carbocycles. The number of rotatable bonds is 6. The van der Waals surface area contributed by atoms with E-state index in [2.05, 4.69) is 58.0 Å². The Labute approximate surface area is 178 Å². The summed E-state index contributed by atoms with van der Waals surface area (Å²) in [6, 6.07) is 10.7. The molecular weight excluding hydrogens is 380 g/mol. The Balaban J connectivity index is 1.65. The zero-order valence-electron chi connectivity index (χ0n) is 18.6. The average molecular weight is 414 g/mol. The lowest BCUT2D eigenvalue weighted by molar-refractivity contribution is -0.159. The molecule has 1 saturated heterocycles. The van der Waals surface area contributed by atoms with Crippen molar-refractivity contribution >= 4 is 16.9 Å². The molecule has 1 aliphatic rings. The summed E-state index contributed by atoms with van der Waals surface area (Å²) in [5, 5.41) is 0. The van der Waals surface area contributed by atoms with Gasteiger partial charge in [0, 0.05) is 10.9 Å². The molecule has 0 bridgehead atoms. The number of carbonyl (C=O) groups excluding carboxylic acids is 1. The van der Waals surface area contributed by atoms with Crippen molar-refractivity contribution in [1.29, 1.82) is 0 Å². The van der Waals surface area contributed by atoms with E-state index in [-0.39, 0.29) is 12.6 Å². The SMILES string of the molecule is Cc1cc(C)cc(C(C)(C)OC(=O)COc2c(C)cc([S+]3CCCC3)cc2C)c1. The van der Waals surface area contributed by atoms with Gasteiger partial charge in [0.15, 0.2) is 11.5 Å². The molecule has 1 aliphatic heterocycles. The fraction of sp³-hybridized carbons (Fsp3) is 0.480. The van der Waals surface area contributed by atoms with Crippen LogP contribution in [0.5, 0.6) is 5.75 Å². The summed E-state index contributed by atoms with van der Waals surface area (Å²) < 4.78 is 11.7. The molecule has 0 atom stereocenters. The third-order valence-corrected chi connectivity index (χ3v) is 7.88. The molecule has 29 heavy (non-hydrogen) atoms. The summed E-state index contributed by atoms with van der Waals surface area (Å²) in [4.78, 5) is 14.0. The maximum atomic E-state index is 12.5. The minimum Gasteiger partial charge on any atom is -0.481 e. The van der Waals surface area contributed by atoms with Crippen molar-refractivity contribution in [2.24, 2.45) is 0 Å². The molecule has 0 saturated carbocycles. The van der Waals surface area contributed by atoms with E-state index in [1.165, 1.54) is 29.2 Å². The Kier molecular flexibility index (Phi) is 6.62. The number of hydrogen-bond donors (Lipinski definition) is 0. The Morgan fingerprint density at radius 3 is 2.03 bits per heavy atom. The van der Waals surface area contributed by atoms with Crippen LogP contribution >= 0.6 is 0 Å². The van der Waals surface area contributed by atoms with Gasteiger partial charge in [-0.2, -0.15) is 0 Å². The molecule has 0 radical (unpaired) electrons. The van der Waals surface area contributed by atoms with Crippen LogP contribution in [0.15, 0.2) is 35.2 Å². The quantitative estimate of drug-likeness (QED) is 0.460. The van der Waals surface area contributed by atoms with Crippen LogP contribution < -0.4 is 4.74 Å². The van der Waals surface area contributed by atoms with E-state index in [9.17, 15) is 4.79 Å². The van der Waals surface area contributed by atoms with Gasteiger partial charge in [-0.25, -0.2) is 4.79 Å². The van der Waals surface area contributed by atoms with Crippen molar-refractivity contribution < 1.29 is 14.3 Å². The summed E-state index contributed by atoms with van der Waals surface area (Å²) in [6.07, 6.45) is 2.67. The lowest BCUT2D eigenvalue weighted by atomic mass is 9.94. The van der Waals surface area contributed by atoms with Gasteiger partial charge in [0.2, 0.25) is 0 Å². The minimum atomic E-state index is -0.700. The van der Waals surface area contributed by atoms with E-state index in [1.807, 2.05) is 13.8 Å². The van der Waals surface area contributed by atoms with E-state index in [0.717, 1.165) is 33.6 Å². The number of hydrogen-bond acceptors (Lipinski definition) is 3. The maximum Gasteiger partial charge on any atom is 0.345 e. The second-order valence-electron chi connectivity index (χ2n) is 8.64. The first-order valence-corrected chi connectivity index (χ1v) is 11.9. The van der Waals surface area contributed by atoms with Crippen LogP contribution in [0.1, 0.15) is 54.5 Å². The average Bonchev–Trinajstić information content (AvgIpc) is 3.14. The molecule has 0 spiro atoms.